The van der Waals surface area contributed by atoms with E-state index < -0.39 is 0 Å². The Kier molecular flexibility index (Phi) is 6.01. The lowest BCUT2D eigenvalue weighted by Crippen LogP contribution is -2.34. The first kappa shape index (κ1) is 14.0. The molecule has 1 aromatic carbocycles. The zero-order valence-electron chi connectivity index (χ0n) is 11.1. The number of rotatable bonds is 7. The third-order valence-electron chi connectivity index (χ3n) is 2.69. The van der Waals surface area contributed by atoms with Gasteiger partial charge in [0.25, 0.3) is 0 Å². The van der Waals surface area contributed by atoms with Gasteiger partial charge >= 0.3 is 0 Å². The van der Waals surface area contributed by atoms with Crippen LogP contribution >= 0.6 is 0 Å². The fourth-order valence-corrected chi connectivity index (χ4v) is 1.71. The SMILES string of the molecule is CCc1ccc(OCCC(N)CN(C)C)cc1. The second-order valence-electron chi connectivity index (χ2n) is 4.66. The van der Waals surface area contributed by atoms with Crippen LogP contribution in [0.5, 0.6) is 5.75 Å². The van der Waals surface area contributed by atoms with Crippen LogP contribution < -0.4 is 10.5 Å². The van der Waals surface area contributed by atoms with Gasteiger partial charge in [-0.15, -0.1) is 0 Å². The Hall–Kier alpha value is -1.06. The summed E-state index contributed by atoms with van der Waals surface area (Å²) in [5.41, 5.74) is 7.30. The van der Waals surface area contributed by atoms with E-state index in [9.17, 15) is 0 Å². The fraction of sp³-hybridized carbons (Fsp3) is 0.571. The van der Waals surface area contributed by atoms with E-state index in [0.717, 1.165) is 25.1 Å². The van der Waals surface area contributed by atoms with Crippen molar-refractivity contribution in [3.63, 3.8) is 0 Å². The van der Waals surface area contributed by atoms with Crippen molar-refractivity contribution in [2.24, 2.45) is 5.73 Å². The maximum absolute atomic E-state index is 5.96. The largest absolute Gasteiger partial charge is 0.494 e. The lowest BCUT2D eigenvalue weighted by molar-refractivity contribution is 0.277. The van der Waals surface area contributed by atoms with Gasteiger partial charge in [-0.25, -0.2) is 0 Å². The van der Waals surface area contributed by atoms with Crippen molar-refractivity contribution in [3.8, 4) is 5.75 Å². The minimum absolute atomic E-state index is 0.180. The molecule has 0 fully saturated rings. The highest BCUT2D eigenvalue weighted by Gasteiger charge is 2.04. The smallest absolute Gasteiger partial charge is 0.119 e. The molecular weight excluding hydrogens is 212 g/mol. The van der Waals surface area contributed by atoms with E-state index in [4.69, 9.17) is 10.5 Å². The van der Waals surface area contributed by atoms with E-state index in [-0.39, 0.29) is 6.04 Å². The van der Waals surface area contributed by atoms with Gasteiger partial charge in [0.15, 0.2) is 0 Å². The van der Waals surface area contributed by atoms with E-state index in [1.807, 2.05) is 26.2 Å². The summed E-state index contributed by atoms with van der Waals surface area (Å²) in [7, 11) is 4.06. The molecule has 0 heterocycles. The molecule has 0 spiro atoms. The van der Waals surface area contributed by atoms with E-state index in [0.29, 0.717) is 6.61 Å². The van der Waals surface area contributed by atoms with Crippen molar-refractivity contribution in [1.82, 2.24) is 4.90 Å². The summed E-state index contributed by atoms with van der Waals surface area (Å²) in [5.74, 6) is 0.930. The minimum atomic E-state index is 0.180. The molecule has 3 heteroatoms. The van der Waals surface area contributed by atoms with Crippen LogP contribution in [-0.2, 0) is 6.42 Å². The Balaban J connectivity index is 2.25. The molecule has 0 aliphatic carbocycles. The van der Waals surface area contributed by atoms with Gasteiger partial charge in [0.2, 0.25) is 0 Å². The molecule has 0 saturated carbocycles. The molecule has 2 N–H and O–H groups in total. The van der Waals surface area contributed by atoms with E-state index in [2.05, 4.69) is 24.0 Å². The summed E-state index contributed by atoms with van der Waals surface area (Å²) in [6.07, 6.45) is 1.95. The van der Waals surface area contributed by atoms with Gasteiger partial charge in [-0.2, -0.15) is 0 Å². The maximum Gasteiger partial charge on any atom is 0.119 e. The summed E-state index contributed by atoms with van der Waals surface area (Å²) >= 11 is 0. The minimum Gasteiger partial charge on any atom is -0.494 e. The van der Waals surface area contributed by atoms with Crippen molar-refractivity contribution in [1.29, 1.82) is 0 Å². The number of aryl methyl sites for hydroxylation is 1. The van der Waals surface area contributed by atoms with Crippen molar-refractivity contribution in [2.45, 2.75) is 25.8 Å². The van der Waals surface area contributed by atoms with Crippen LogP contribution in [0.15, 0.2) is 24.3 Å². The molecule has 1 atom stereocenters. The van der Waals surface area contributed by atoms with Gasteiger partial charge in [0.1, 0.15) is 5.75 Å². The first-order valence-electron chi connectivity index (χ1n) is 6.24. The molecule has 0 aliphatic heterocycles. The average molecular weight is 236 g/mol. The van der Waals surface area contributed by atoms with Crippen molar-refractivity contribution >= 4 is 0 Å². The molecule has 0 aromatic heterocycles. The molecule has 0 radical (unpaired) electrons. The molecule has 3 nitrogen and oxygen atoms in total. The number of ether oxygens (including phenoxy) is 1. The maximum atomic E-state index is 5.96. The van der Waals surface area contributed by atoms with E-state index in [1.54, 1.807) is 0 Å². The molecule has 0 amide bonds. The topological polar surface area (TPSA) is 38.5 Å². The highest BCUT2D eigenvalue weighted by molar-refractivity contribution is 5.27. The summed E-state index contributed by atoms with van der Waals surface area (Å²) in [5, 5.41) is 0. The fourth-order valence-electron chi connectivity index (χ4n) is 1.71. The van der Waals surface area contributed by atoms with Crippen LogP contribution in [-0.4, -0.2) is 38.2 Å². The van der Waals surface area contributed by atoms with Gasteiger partial charge in [0, 0.05) is 12.6 Å². The van der Waals surface area contributed by atoms with Crippen LogP contribution in [0, 0.1) is 0 Å². The predicted octanol–water partition coefficient (Wildman–Crippen LogP) is 1.91. The van der Waals surface area contributed by atoms with Crippen LogP contribution in [0.4, 0.5) is 0 Å². The summed E-state index contributed by atoms with van der Waals surface area (Å²) in [4.78, 5) is 2.10. The molecule has 96 valence electrons. The number of hydrogen-bond acceptors (Lipinski definition) is 3. The molecule has 0 aliphatic rings. The van der Waals surface area contributed by atoms with Gasteiger partial charge < -0.3 is 15.4 Å². The second kappa shape index (κ2) is 7.30. The highest BCUT2D eigenvalue weighted by Crippen LogP contribution is 2.12. The Morgan fingerprint density at radius 1 is 1.24 bits per heavy atom. The molecule has 17 heavy (non-hydrogen) atoms. The number of hydrogen-bond donors (Lipinski definition) is 1. The number of benzene rings is 1. The van der Waals surface area contributed by atoms with Gasteiger partial charge in [-0.05, 0) is 44.6 Å². The standard InChI is InChI=1S/C14H24N2O/c1-4-12-5-7-14(8-6-12)17-10-9-13(15)11-16(2)3/h5-8,13H,4,9-11,15H2,1-3H3. The van der Waals surface area contributed by atoms with Gasteiger partial charge in [-0.3, -0.25) is 0 Å². The molecule has 1 unspecified atom stereocenters. The summed E-state index contributed by atoms with van der Waals surface area (Å²) in [6.45, 7) is 3.73. The Bertz CT molecular complexity index is 309. The zero-order chi connectivity index (χ0) is 12.7. The Morgan fingerprint density at radius 3 is 2.41 bits per heavy atom. The third-order valence-corrected chi connectivity index (χ3v) is 2.69. The summed E-state index contributed by atoms with van der Waals surface area (Å²) < 4.78 is 5.66. The molecule has 0 bridgehead atoms. The van der Waals surface area contributed by atoms with Crippen LogP contribution in [0.25, 0.3) is 0 Å². The van der Waals surface area contributed by atoms with Crippen molar-refractivity contribution in [3.05, 3.63) is 29.8 Å². The highest BCUT2D eigenvalue weighted by atomic mass is 16.5. The lowest BCUT2D eigenvalue weighted by Gasteiger charge is -2.17. The number of likely N-dealkylation sites (N-methyl/N-ethyl adjacent to an activating group) is 1. The Labute approximate surface area is 105 Å². The van der Waals surface area contributed by atoms with Crippen LogP contribution in [0.2, 0.25) is 0 Å². The average Bonchev–Trinajstić information content (AvgIpc) is 2.29. The predicted molar refractivity (Wildman–Crippen MR) is 72.5 cm³/mol. The third kappa shape index (κ3) is 5.71. The zero-order valence-corrected chi connectivity index (χ0v) is 11.1. The lowest BCUT2D eigenvalue weighted by atomic mass is 10.2. The first-order valence-corrected chi connectivity index (χ1v) is 6.24. The first-order chi connectivity index (χ1) is 8.11. The van der Waals surface area contributed by atoms with Crippen LogP contribution in [0.1, 0.15) is 18.9 Å². The normalized spacial score (nSPS) is 12.8. The van der Waals surface area contributed by atoms with Crippen molar-refractivity contribution < 1.29 is 4.74 Å². The van der Waals surface area contributed by atoms with E-state index in [1.165, 1.54) is 5.56 Å². The number of nitrogens with zero attached hydrogens (tertiary/aromatic N) is 1. The molecule has 0 saturated heterocycles. The quantitative estimate of drug-likeness (QED) is 0.786. The molecular formula is C14H24N2O. The van der Waals surface area contributed by atoms with Crippen LogP contribution in [0.3, 0.4) is 0 Å². The van der Waals surface area contributed by atoms with Gasteiger partial charge in [0.05, 0.1) is 6.61 Å². The Morgan fingerprint density at radius 2 is 1.88 bits per heavy atom. The van der Waals surface area contributed by atoms with Gasteiger partial charge in [-0.1, -0.05) is 19.1 Å². The van der Waals surface area contributed by atoms with Crippen molar-refractivity contribution in [2.75, 3.05) is 27.2 Å². The summed E-state index contributed by atoms with van der Waals surface area (Å²) in [6, 6.07) is 8.44. The second-order valence-corrected chi connectivity index (χ2v) is 4.66. The molecule has 1 aromatic rings. The monoisotopic (exact) mass is 236 g/mol. The van der Waals surface area contributed by atoms with E-state index >= 15 is 0 Å². The molecule has 1 rings (SSSR count). The number of nitrogens with two attached hydrogens (primary N) is 1.